The van der Waals surface area contributed by atoms with Gasteiger partial charge in [-0.15, -0.1) is 6.58 Å². The van der Waals surface area contributed by atoms with Crippen LogP contribution in [0.3, 0.4) is 0 Å². The number of imidazole rings is 1. The van der Waals surface area contributed by atoms with E-state index in [9.17, 15) is 0 Å². The molecule has 0 saturated carbocycles. The topological polar surface area (TPSA) is 39.4 Å². The first-order valence-corrected chi connectivity index (χ1v) is 10.5. The number of hydrogen-bond acceptors (Lipinski definition) is 3. The standard InChI is InChI=1S/C24H23N3O.C3H6/c1-3-4-13-22-26-23(24-18(2)25-14-15-27(22)24)20-11-8-12-21(16-20)28-17-19-9-6-5-7-10-19;1-3-2/h3-12,14-16H,13,17H2,1-2H3;3H,1H2,2H3/b4-3+;. The molecule has 0 aliphatic carbocycles. The summed E-state index contributed by atoms with van der Waals surface area (Å²) in [5.74, 6) is 1.84. The van der Waals surface area contributed by atoms with Crippen molar-refractivity contribution in [3.05, 3.63) is 109 Å². The number of aryl methyl sites for hydroxylation is 1. The van der Waals surface area contributed by atoms with E-state index >= 15 is 0 Å². The Morgan fingerprint density at radius 2 is 1.84 bits per heavy atom. The highest BCUT2D eigenvalue weighted by Crippen LogP contribution is 2.29. The van der Waals surface area contributed by atoms with E-state index in [0.29, 0.717) is 6.61 Å². The van der Waals surface area contributed by atoms with Crippen LogP contribution >= 0.6 is 0 Å². The van der Waals surface area contributed by atoms with Crippen LogP contribution in [0.25, 0.3) is 16.8 Å². The molecule has 0 amide bonds. The molecule has 2 aromatic carbocycles. The van der Waals surface area contributed by atoms with Gasteiger partial charge in [0.25, 0.3) is 0 Å². The van der Waals surface area contributed by atoms with E-state index in [1.807, 2.05) is 69.6 Å². The van der Waals surface area contributed by atoms with Crippen molar-refractivity contribution in [3.63, 3.8) is 0 Å². The minimum absolute atomic E-state index is 0.543. The quantitative estimate of drug-likeness (QED) is 0.336. The Labute approximate surface area is 184 Å². The zero-order valence-corrected chi connectivity index (χ0v) is 18.5. The van der Waals surface area contributed by atoms with Gasteiger partial charge < -0.3 is 4.74 Å². The summed E-state index contributed by atoms with van der Waals surface area (Å²) >= 11 is 0. The fourth-order valence-corrected chi connectivity index (χ4v) is 3.30. The molecular formula is C27H29N3O. The maximum Gasteiger partial charge on any atom is 0.120 e. The summed E-state index contributed by atoms with van der Waals surface area (Å²) in [5, 5.41) is 0. The fourth-order valence-electron chi connectivity index (χ4n) is 3.30. The summed E-state index contributed by atoms with van der Waals surface area (Å²) in [4.78, 5) is 9.41. The number of rotatable bonds is 6. The van der Waals surface area contributed by atoms with E-state index in [2.05, 4.69) is 46.3 Å². The third-order valence-electron chi connectivity index (χ3n) is 4.70. The van der Waals surface area contributed by atoms with E-state index in [1.165, 1.54) is 0 Å². The summed E-state index contributed by atoms with van der Waals surface area (Å²) in [6.07, 6.45) is 10.5. The highest BCUT2D eigenvalue weighted by Gasteiger charge is 2.15. The third-order valence-corrected chi connectivity index (χ3v) is 4.70. The molecule has 0 N–H and O–H groups in total. The zero-order valence-electron chi connectivity index (χ0n) is 18.5. The first kappa shape index (κ1) is 22.0. The van der Waals surface area contributed by atoms with Crippen LogP contribution in [0.5, 0.6) is 5.75 Å². The molecule has 0 aliphatic heterocycles. The number of benzene rings is 2. The average Bonchev–Trinajstić information content (AvgIpc) is 3.18. The predicted octanol–water partition coefficient (Wildman–Crippen LogP) is 6.59. The van der Waals surface area contributed by atoms with Crippen LogP contribution in [0.4, 0.5) is 0 Å². The van der Waals surface area contributed by atoms with E-state index in [0.717, 1.165) is 46.0 Å². The van der Waals surface area contributed by atoms with Crippen LogP contribution in [0.15, 0.2) is 91.8 Å². The Hall–Kier alpha value is -3.66. The lowest BCUT2D eigenvalue weighted by atomic mass is 10.1. The van der Waals surface area contributed by atoms with E-state index in [4.69, 9.17) is 9.72 Å². The van der Waals surface area contributed by atoms with Crippen molar-refractivity contribution in [1.82, 2.24) is 14.4 Å². The Kier molecular flexibility index (Phi) is 7.77. The molecule has 0 unspecified atom stereocenters. The molecule has 0 radical (unpaired) electrons. The number of nitrogens with zero attached hydrogens (tertiary/aromatic N) is 3. The lowest BCUT2D eigenvalue weighted by molar-refractivity contribution is 0.306. The second-order valence-electron chi connectivity index (χ2n) is 7.09. The smallest absolute Gasteiger partial charge is 0.120 e. The van der Waals surface area contributed by atoms with Crippen molar-refractivity contribution in [2.24, 2.45) is 0 Å². The number of fused-ring (bicyclic) bond motifs is 1. The molecule has 0 aliphatic rings. The second-order valence-corrected chi connectivity index (χ2v) is 7.09. The lowest BCUT2D eigenvalue weighted by Crippen LogP contribution is -1.95. The highest BCUT2D eigenvalue weighted by atomic mass is 16.5. The first-order valence-electron chi connectivity index (χ1n) is 10.5. The molecular weight excluding hydrogens is 382 g/mol. The molecule has 2 aromatic heterocycles. The SMILES string of the molecule is C/C=C/Cc1nc(-c2cccc(OCc3ccccc3)c2)c2c(C)nccn12.C=CC. The van der Waals surface area contributed by atoms with Crippen molar-refractivity contribution in [2.45, 2.75) is 33.8 Å². The van der Waals surface area contributed by atoms with Crippen LogP contribution in [-0.4, -0.2) is 14.4 Å². The fraction of sp³-hybridized carbons (Fsp3) is 0.185. The van der Waals surface area contributed by atoms with E-state index in [1.54, 1.807) is 6.08 Å². The van der Waals surface area contributed by atoms with Gasteiger partial charge in [-0.3, -0.25) is 9.38 Å². The molecule has 4 heteroatoms. The third kappa shape index (κ3) is 5.48. The monoisotopic (exact) mass is 411 g/mol. The lowest BCUT2D eigenvalue weighted by Gasteiger charge is -2.08. The van der Waals surface area contributed by atoms with Crippen LogP contribution < -0.4 is 4.74 Å². The Bertz CT molecular complexity index is 1160. The van der Waals surface area contributed by atoms with Crippen LogP contribution in [0.2, 0.25) is 0 Å². The molecule has 158 valence electrons. The van der Waals surface area contributed by atoms with Gasteiger partial charge in [0, 0.05) is 24.4 Å². The van der Waals surface area contributed by atoms with Gasteiger partial charge in [0.15, 0.2) is 0 Å². The van der Waals surface area contributed by atoms with Crippen LogP contribution in [-0.2, 0) is 13.0 Å². The van der Waals surface area contributed by atoms with Crippen molar-refractivity contribution in [3.8, 4) is 17.0 Å². The summed E-state index contributed by atoms with van der Waals surface area (Å²) in [6, 6.07) is 18.3. The number of hydrogen-bond donors (Lipinski definition) is 0. The minimum atomic E-state index is 0.543. The molecule has 0 bridgehead atoms. The molecule has 4 nitrogen and oxygen atoms in total. The Morgan fingerprint density at radius 3 is 2.58 bits per heavy atom. The molecule has 0 saturated heterocycles. The van der Waals surface area contributed by atoms with Crippen molar-refractivity contribution in [2.75, 3.05) is 0 Å². The number of allylic oxidation sites excluding steroid dienone is 3. The molecule has 2 heterocycles. The average molecular weight is 412 g/mol. The normalized spacial score (nSPS) is 10.7. The number of ether oxygens (including phenoxy) is 1. The molecule has 31 heavy (non-hydrogen) atoms. The number of aromatic nitrogens is 3. The summed E-state index contributed by atoms with van der Waals surface area (Å²) in [5.41, 5.74) is 5.13. The van der Waals surface area contributed by atoms with Crippen LogP contribution in [0, 0.1) is 6.92 Å². The van der Waals surface area contributed by atoms with Crippen molar-refractivity contribution < 1.29 is 4.74 Å². The maximum absolute atomic E-state index is 6.01. The Morgan fingerprint density at radius 1 is 1.06 bits per heavy atom. The largest absolute Gasteiger partial charge is 0.489 e. The van der Waals surface area contributed by atoms with Crippen LogP contribution in [0.1, 0.15) is 30.9 Å². The van der Waals surface area contributed by atoms with Gasteiger partial charge in [-0.25, -0.2) is 4.98 Å². The van der Waals surface area contributed by atoms with Crippen molar-refractivity contribution in [1.29, 1.82) is 0 Å². The van der Waals surface area contributed by atoms with Gasteiger partial charge in [0.05, 0.1) is 16.9 Å². The summed E-state index contributed by atoms with van der Waals surface area (Å²) in [6.45, 7) is 9.84. The molecule has 4 rings (SSSR count). The Balaban J connectivity index is 0.000000858. The van der Waals surface area contributed by atoms with Gasteiger partial charge in [0.2, 0.25) is 0 Å². The highest BCUT2D eigenvalue weighted by molar-refractivity contribution is 5.80. The predicted molar refractivity (Wildman–Crippen MR) is 128 cm³/mol. The van der Waals surface area contributed by atoms with Gasteiger partial charge in [-0.2, -0.15) is 0 Å². The van der Waals surface area contributed by atoms with Gasteiger partial charge in [-0.1, -0.05) is 60.7 Å². The summed E-state index contributed by atoms with van der Waals surface area (Å²) in [7, 11) is 0. The van der Waals surface area contributed by atoms with Crippen molar-refractivity contribution >= 4 is 5.52 Å². The summed E-state index contributed by atoms with van der Waals surface area (Å²) < 4.78 is 8.14. The zero-order chi connectivity index (χ0) is 22.1. The molecule has 4 aromatic rings. The van der Waals surface area contributed by atoms with E-state index in [-0.39, 0.29) is 0 Å². The molecule has 0 atom stereocenters. The van der Waals surface area contributed by atoms with Gasteiger partial charge >= 0.3 is 0 Å². The maximum atomic E-state index is 6.01. The molecule has 0 fully saturated rings. The molecule has 0 spiro atoms. The minimum Gasteiger partial charge on any atom is -0.489 e. The first-order chi connectivity index (χ1) is 15.2. The second kappa shape index (κ2) is 10.9. The van der Waals surface area contributed by atoms with Gasteiger partial charge in [0.1, 0.15) is 18.2 Å². The van der Waals surface area contributed by atoms with Gasteiger partial charge in [-0.05, 0) is 38.5 Å². The van der Waals surface area contributed by atoms with E-state index < -0.39 is 0 Å².